The third-order valence-electron chi connectivity index (χ3n) is 5.99. The highest BCUT2D eigenvalue weighted by atomic mass is 32.1. The maximum atomic E-state index is 5.82. The predicted octanol–water partition coefficient (Wildman–Crippen LogP) is 4.45. The Labute approximate surface area is 193 Å². The molecule has 6 nitrogen and oxygen atoms in total. The van der Waals surface area contributed by atoms with Crippen molar-refractivity contribution < 1.29 is 0 Å². The minimum Gasteiger partial charge on any atom is -0.352 e. The van der Waals surface area contributed by atoms with Crippen LogP contribution in [0.5, 0.6) is 0 Å². The molecule has 0 bridgehead atoms. The van der Waals surface area contributed by atoms with Gasteiger partial charge in [-0.1, -0.05) is 6.07 Å². The molecule has 5 heterocycles. The number of thiocarbonyl (C=S) groups is 1. The number of rotatable bonds is 5. The molecule has 0 radical (unpaired) electrons. The van der Waals surface area contributed by atoms with Crippen molar-refractivity contribution in [3.63, 3.8) is 0 Å². The van der Waals surface area contributed by atoms with Crippen molar-refractivity contribution in [2.75, 3.05) is 0 Å². The van der Waals surface area contributed by atoms with Gasteiger partial charge in [-0.25, -0.2) is 0 Å². The van der Waals surface area contributed by atoms with Crippen molar-refractivity contribution in [2.45, 2.75) is 32.5 Å². The van der Waals surface area contributed by atoms with E-state index < -0.39 is 0 Å². The lowest BCUT2D eigenvalue weighted by atomic mass is 9.96. The minimum atomic E-state index is -0.0478. The summed E-state index contributed by atoms with van der Waals surface area (Å²) in [6.45, 7) is 4.99. The highest BCUT2D eigenvalue weighted by molar-refractivity contribution is 7.80. The molecule has 32 heavy (non-hydrogen) atoms. The summed E-state index contributed by atoms with van der Waals surface area (Å²) in [5, 5.41) is 4.27. The van der Waals surface area contributed by atoms with Crippen molar-refractivity contribution >= 4 is 17.3 Å². The van der Waals surface area contributed by atoms with E-state index in [1.165, 1.54) is 11.3 Å². The number of hydrogen-bond donors (Lipinski definition) is 1. The molecule has 0 saturated carbocycles. The Bertz CT molecular complexity index is 1220. The molecule has 0 unspecified atom stereocenters. The Kier molecular flexibility index (Phi) is 5.41. The van der Waals surface area contributed by atoms with Crippen LogP contribution in [0.15, 0.2) is 79.5 Å². The fourth-order valence-corrected chi connectivity index (χ4v) is 4.87. The highest BCUT2D eigenvalue weighted by Gasteiger charge is 2.41. The van der Waals surface area contributed by atoms with Crippen LogP contribution in [-0.2, 0) is 6.54 Å². The van der Waals surface area contributed by atoms with Gasteiger partial charge in [-0.15, -0.1) is 0 Å². The summed E-state index contributed by atoms with van der Waals surface area (Å²) in [4.78, 5) is 15.4. The second-order valence-corrected chi connectivity index (χ2v) is 8.37. The molecule has 1 N–H and O–H groups in total. The van der Waals surface area contributed by atoms with Gasteiger partial charge in [0.05, 0.1) is 29.7 Å². The Hall–Kier alpha value is -3.58. The summed E-state index contributed by atoms with van der Waals surface area (Å²) in [6, 6.07) is 16.4. The minimum absolute atomic E-state index is 0.00202. The number of nitrogens with one attached hydrogen (secondary N) is 1. The van der Waals surface area contributed by atoms with Gasteiger partial charge in [0, 0.05) is 42.7 Å². The lowest BCUT2D eigenvalue weighted by Crippen LogP contribution is -2.29. The first kappa shape index (κ1) is 20.3. The van der Waals surface area contributed by atoms with Gasteiger partial charge in [0.1, 0.15) is 0 Å². The van der Waals surface area contributed by atoms with Crippen molar-refractivity contribution in [3.8, 4) is 5.69 Å². The monoisotopic (exact) mass is 440 g/mol. The van der Waals surface area contributed by atoms with E-state index in [2.05, 4.69) is 61.8 Å². The van der Waals surface area contributed by atoms with E-state index in [9.17, 15) is 0 Å². The van der Waals surface area contributed by atoms with Gasteiger partial charge in [0.25, 0.3) is 0 Å². The molecule has 0 spiro atoms. The number of aryl methyl sites for hydroxylation is 1. The number of hydrogen-bond acceptors (Lipinski definition) is 4. The highest BCUT2D eigenvalue weighted by Crippen LogP contribution is 2.42. The van der Waals surface area contributed by atoms with Crippen molar-refractivity contribution in [3.05, 3.63) is 108 Å². The SMILES string of the molecule is Cc1cc([C@H]2[C@H](c3ccccn3)NC(=S)N2Cc2ccncc2)c(C)n1-c1cccnc1. The Morgan fingerprint density at radius 3 is 2.53 bits per heavy atom. The van der Waals surface area contributed by atoms with E-state index in [0.29, 0.717) is 6.54 Å². The largest absolute Gasteiger partial charge is 0.352 e. The zero-order valence-electron chi connectivity index (χ0n) is 18.0. The summed E-state index contributed by atoms with van der Waals surface area (Å²) in [7, 11) is 0. The van der Waals surface area contributed by atoms with Gasteiger partial charge in [0.2, 0.25) is 0 Å². The van der Waals surface area contributed by atoms with Gasteiger partial charge in [-0.05, 0) is 79.7 Å². The van der Waals surface area contributed by atoms with E-state index in [1.54, 1.807) is 6.20 Å². The van der Waals surface area contributed by atoms with Crippen LogP contribution in [-0.4, -0.2) is 29.5 Å². The quantitative estimate of drug-likeness (QED) is 0.463. The normalized spacial score (nSPS) is 18.1. The molecule has 1 fully saturated rings. The van der Waals surface area contributed by atoms with Gasteiger partial charge < -0.3 is 14.8 Å². The maximum absolute atomic E-state index is 5.82. The smallest absolute Gasteiger partial charge is 0.170 e. The van der Waals surface area contributed by atoms with Crippen molar-refractivity contribution in [1.29, 1.82) is 0 Å². The average molecular weight is 441 g/mol. The van der Waals surface area contributed by atoms with E-state index in [0.717, 1.165) is 27.8 Å². The third-order valence-corrected chi connectivity index (χ3v) is 6.35. The first-order valence-corrected chi connectivity index (χ1v) is 11.0. The summed E-state index contributed by atoms with van der Waals surface area (Å²) >= 11 is 5.82. The van der Waals surface area contributed by atoms with Crippen LogP contribution in [0.3, 0.4) is 0 Å². The van der Waals surface area contributed by atoms with Crippen LogP contribution in [0, 0.1) is 13.8 Å². The van der Waals surface area contributed by atoms with E-state index in [1.807, 2.05) is 55.1 Å². The predicted molar refractivity (Wildman–Crippen MR) is 128 cm³/mol. The zero-order chi connectivity index (χ0) is 22.1. The van der Waals surface area contributed by atoms with Crippen molar-refractivity contribution in [2.24, 2.45) is 0 Å². The standard InChI is InChI=1S/C25H24N6S/c1-17-14-21(18(2)31(17)20-6-5-10-27-15-20)24-23(22-7-3-4-11-28-22)29-25(32)30(24)16-19-8-12-26-13-9-19/h3-15,23-24H,16H2,1-2H3,(H,29,32)/t23-,24-/m0/s1. The molecule has 4 aromatic rings. The van der Waals surface area contributed by atoms with Gasteiger partial charge in [-0.3, -0.25) is 15.0 Å². The van der Waals surface area contributed by atoms with E-state index in [-0.39, 0.29) is 12.1 Å². The molecule has 5 rings (SSSR count). The maximum Gasteiger partial charge on any atom is 0.170 e. The van der Waals surface area contributed by atoms with Crippen LogP contribution in [0.1, 0.15) is 40.3 Å². The second kappa shape index (κ2) is 8.51. The molecular formula is C25H24N6S. The molecule has 2 atom stereocenters. The van der Waals surface area contributed by atoms with Gasteiger partial charge in [0.15, 0.2) is 5.11 Å². The molecule has 1 aliphatic rings. The molecule has 0 amide bonds. The summed E-state index contributed by atoms with van der Waals surface area (Å²) < 4.78 is 2.25. The summed E-state index contributed by atoms with van der Waals surface area (Å²) in [5.74, 6) is 0. The first-order chi connectivity index (χ1) is 15.6. The summed E-state index contributed by atoms with van der Waals surface area (Å²) in [5.41, 5.74) is 6.75. The molecule has 1 aliphatic heterocycles. The molecule has 0 aliphatic carbocycles. The Morgan fingerprint density at radius 1 is 0.969 bits per heavy atom. The molecule has 0 aromatic carbocycles. The van der Waals surface area contributed by atoms with Crippen LogP contribution < -0.4 is 5.32 Å². The van der Waals surface area contributed by atoms with Crippen LogP contribution in [0.25, 0.3) is 5.69 Å². The molecule has 1 saturated heterocycles. The summed E-state index contributed by atoms with van der Waals surface area (Å²) in [6.07, 6.45) is 9.17. The van der Waals surface area contributed by atoms with Crippen LogP contribution in [0.2, 0.25) is 0 Å². The number of nitrogens with zero attached hydrogens (tertiary/aromatic N) is 5. The Morgan fingerprint density at radius 2 is 1.81 bits per heavy atom. The van der Waals surface area contributed by atoms with Crippen LogP contribution in [0.4, 0.5) is 0 Å². The number of pyridine rings is 3. The molecule has 160 valence electrons. The van der Waals surface area contributed by atoms with E-state index >= 15 is 0 Å². The van der Waals surface area contributed by atoms with E-state index in [4.69, 9.17) is 12.2 Å². The Balaban J connectivity index is 1.62. The molecule has 7 heteroatoms. The zero-order valence-corrected chi connectivity index (χ0v) is 18.8. The molecular weight excluding hydrogens is 416 g/mol. The lowest BCUT2D eigenvalue weighted by Gasteiger charge is -2.28. The second-order valence-electron chi connectivity index (χ2n) is 7.98. The fourth-order valence-electron chi connectivity index (χ4n) is 4.57. The number of aromatic nitrogens is 4. The fraction of sp³-hybridized carbons (Fsp3) is 0.200. The lowest BCUT2D eigenvalue weighted by molar-refractivity contribution is 0.310. The first-order valence-electron chi connectivity index (χ1n) is 10.6. The topological polar surface area (TPSA) is 58.9 Å². The molecule has 4 aromatic heterocycles. The van der Waals surface area contributed by atoms with Crippen molar-refractivity contribution in [1.82, 2.24) is 29.7 Å². The van der Waals surface area contributed by atoms with Gasteiger partial charge in [-0.2, -0.15) is 0 Å². The average Bonchev–Trinajstić information content (AvgIpc) is 3.30. The third kappa shape index (κ3) is 3.65. The van der Waals surface area contributed by atoms with Gasteiger partial charge >= 0.3 is 0 Å². The van der Waals surface area contributed by atoms with Crippen LogP contribution >= 0.6 is 12.2 Å².